The van der Waals surface area contributed by atoms with Gasteiger partial charge in [-0.3, -0.25) is 14.4 Å². The zero-order valence-electron chi connectivity index (χ0n) is 16.2. The highest BCUT2D eigenvalue weighted by atomic mass is 19.1. The van der Waals surface area contributed by atoms with Crippen LogP contribution >= 0.6 is 0 Å². The largest absolute Gasteiger partial charge is 0.503 e. The highest BCUT2D eigenvalue weighted by Gasteiger charge is 2.37. The highest BCUT2D eigenvalue weighted by molar-refractivity contribution is 5.99. The fourth-order valence-electron chi connectivity index (χ4n) is 3.87. The summed E-state index contributed by atoms with van der Waals surface area (Å²) in [5.41, 5.74) is -1.41. The van der Waals surface area contributed by atoms with Gasteiger partial charge in [0.25, 0.3) is 11.8 Å². The van der Waals surface area contributed by atoms with Gasteiger partial charge in [0.2, 0.25) is 5.43 Å². The predicted octanol–water partition coefficient (Wildman–Crippen LogP) is 0.704. The van der Waals surface area contributed by atoms with Crippen LogP contribution in [0, 0.1) is 11.6 Å². The molecule has 8 nitrogen and oxygen atoms in total. The minimum Gasteiger partial charge on any atom is -0.503 e. The number of likely N-dealkylation sites (N-methyl/N-ethyl adjacent to an activating group) is 1. The van der Waals surface area contributed by atoms with Crippen molar-refractivity contribution in [2.45, 2.75) is 12.6 Å². The summed E-state index contributed by atoms with van der Waals surface area (Å²) in [5, 5.41) is 12.8. The van der Waals surface area contributed by atoms with Gasteiger partial charge in [0.15, 0.2) is 11.4 Å². The molecule has 2 aliphatic rings. The lowest BCUT2D eigenvalue weighted by Crippen LogP contribution is -2.45. The lowest BCUT2D eigenvalue weighted by atomic mass is 10.1. The van der Waals surface area contributed by atoms with Crippen molar-refractivity contribution in [3.63, 3.8) is 0 Å². The van der Waals surface area contributed by atoms with Crippen LogP contribution in [0.25, 0.3) is 0 Å². The average molecular weight is 418 g/mol. The molecule has 1 atom stereocenters. The van der Waals surface area contributed by atoms with E-state index in [1.807, 2.05) is 11.9 Å². The summed E-state index contributed by atoms with van der Waals surface area (Å²) in [5.74, 6) is -3.64. The molecule has 2 bridgehead atoms. The van der Waals surface area contributed by atoms with E-state index in [2.05, 4.69) is 5.32 Å². The molecule has 0 saturated carbocycles. The summed E-state index contributed by atoms with van der Waals surface area (Å²) in [7, 11) is 1.90. The van der Waals surface area contributed by atoms with Gasteiger partial charge in [0.1, 0.15) is 17.2 Å². The van der Waals surface area contributed by atoms with Crippen molar-refractivity contribution in [3.8, 4) is 5.75 Å². The second kappa shape index (κ2) is 7.52. The maximum atomic E-state index is 13.8. The van der Waals surface area contributed by atoms with Gasteiger partial charge >= 0.3 is 0 Å². The number of carbonyl (C=O) groups is 2. The van der Waals surface area contributed by atoms with E-state index in [1.165, 1.54) is 16.8 Å². The van der Waals surface area contributed by atoms with Crippen molar-refractivity contribution in [3.05, 3.63) is 63.1 Å². The molecule has 1 unspecified atom stereocenters. The maximum absolute atomic E-state index is 13.8. The van der Waals surface area contributed by atoms with Crippen molar-refractivity contribution in [1.29, 1.82) is 0 Å². The molecule has 1 fully saturated rings. The van der Waals surface area contributed by atoms with E-state index in [-0.39, 0.29) is 29.4 Å². The molecule has 2 N–H and O–H groups in total. The summed E-state index contributed by atoms with van der Waals surface area (Å²) in [6.07, 6.45) is 1.27. The molecule has 158 valence electrons. The summed E-state index contributed by atoms with van der Waals surface area (Å²) >= 11 is 0. The van der Waals surface area contributed by atoms with E-state index in [9.17, 15) is 28.3 Å². The minimum absolute atomic E-state index is 0.0447. The number of aromatic nitrogens is 1. The van der Waals surface area contributed by atoms with E-state index in [4.69, 9.17) is 0 Å². The summed E-state index contributed by atoms with van der Waals surface area (Å²) in [6.45, 7) is 1.83. The van der Waals surface area contributed by atoms with Crippen molar-refractivity contribution < 1.29 is 23.5 Å². The normalized spacial score (nSPS) is 18.7. The Kier molecular flexibility index (Phi) is 5.02. The maximum Gasteiger partial charge on any atom is 0.274 e. The van der Waals surface area contributed by atoms with Gasteiger partial charge in [-0.25, -0.2) is 8.78 Å². The van der Waals surface area contributed by atoms with Gasteiger partial charge in [-0.1, -0.05) is 6.07 Å². The third kappa shape index (κ3) is 3.43. The van der Waals surface area contributed by atoms with Crippen LogP contribution in [0.2, 0.25) is 0 Å². The topological polar surface area (TPSA) is 94.9 Å². The van der Waals surface area contributed by atoms with Crippen LogP contribution < -0.4 is 10.7 Å². The van der Waals surface area contributed by atoms with Crippen molar-refractivity contribution in [2.75, 3.05) is 33.2 Å². The number of hydrogen-bond acceptors (Lipinski definition) is 5. The first-order valence-corrected chi connectivity index (χ1v) is 9.44. The number of amides is 2. The lowest BCUT2D eigenvalue weighted by Gasteiger charge is -2.34. The first kappa shape index (κ1) is 20.0. The molecular weight excluding hydrogens is 398 g/mol. The smallest absolute Gasteiger partial charge is 0.274 e. The number of halogens is 2. The Morgan fingerprint density at radius 2 is 2.00 bits per heavy atom. The van der Waals surface area contributed by atoms with Gasteiger partial charge in [0.05, 0.1) is 6.04 Å². The Bertz CT molecular complexity index is 1100. The predicted molar refractivity (Wildman–Crippen MR) is 102 cm³/mol. The molecule has 2 amide bonds. The number of carbonyl (C=O) groups excluding carboxylic acids is 2. The number of fused-ring (bicyclic) bond motifs is 4. The van der Waals surface area contributed by atoms with Crippen LogP contribution in [0.5, 0.6) is 5.75 Å². The third-order valence-corrected chi connectivity index (χ3v) is 5.50. The van der Waals surface area contributed by atoms with E-state index < -0.39 is 34.6 Å². The van der Waals surface area contributed by atoms with Crippen LogP contribution in [-0.2, 0) is 6.54 Å². The Hall–Kier alpha value is -3.27. The molecule has 0 aliphatic carbocycles. The molecule has 1 saturated heterocycles. The van der Waals surface area contributed by atoms with Crippen LogP contribution in [0.15, 0.2) is 29.2 Å². The van der Waals surface area contributed by atoms with Crippen LogP contribution in [0.1, 0.15) is 32.5 Å². The second-order valence-corrected chi connectivity index (χ2v) is 7.56. The zero-order valence-corrected chi connectivity index (χ0v) is 16.2. The second-order valence-electron chi connectivity index (χ2n) is 7.56. The monoisotopic (exact) mass is 418 g/mol. The van der Waals surface area contributed by atoms with Gasteiger partial charge in [-0.05, 0) is 13.1 Å². The van der Waals surface area contributed by atoms with Crippen molar-refractivity contribution in [1.82, 2.24) is 19.7 Å². The molecule has 0 radical (unpaired) electrons. The van der Waals surface area contributed by atoms with Crippen LogP contribution in [0.4, 0.5) is 8.78 Å². The van der Waals surface area contributed by atoms with E-state index in [0.717, 1.165) is 6.07 Å². The Labute approximate surface area is 170 Å². The Morgan fingerprint density at radius 1 is 1.23 bits per heavy atom. The molecule has 10 heteroatoms. The number of nitrogens with zero attached hydrogens (tertiary/aromatic N) is 3. The zero-order chi connectivity index (χ0) is 21.6. The van der Waals surface area contributed by atoms with E-state index >= 15 is 0 Å². The van der Waals surface area contributed by atoms with Crippen molar-refractivity contribution >= 4 is 11.8 Å². The van der Waals surface area contributed by atoms with Crippen LogP contribution in [0.3, 0.4) is 0 Å². The molecule has 4 rings (SSSR count). The molecule has 1 aromatic heterocycles. The van der Waals surface area contributed by atoms with Gasteiger partial charge in [-0.15, -0.1) is 0 Å². The Morgan fingerprint density at radius 3 is 2.73 bits per heavy atom. The molecular formula is C20H20F2N4O4. The molecule has 2 aliphatic heterocycles. The number of pyridine rings is 1. The molecule has 2 aromatic rings. The Balaban J connectivity index is 1.67. The fourth-order valence-corrected chi connectivity index (χ4v) is 3.87. The summed E-state index contributed by atoms with van der Waals surface area (Å²) in [4.78, 5) is 41.5. The quantitative estimate of drug-likeness (QED) is 0.766. The molecule has 1 aromatic carbocycles. The number of aromatic hydroxyl groups is 1. The average Bonchev–Trinajstić information content (AvgIpc) is 2.87. The van der Waals surface area contributed by atoms with Crippen molar-refractivity contribution in [2.24, 2.45) is 0 Å². The van der Waals surface area contributed by atoms with Crippen LogP contribution in [-0.4, -0.2) is 64.5 Å². The number of hydrogen-bond donors (Lipinski definition) is 2. The third-order valence-electron chi connectivity index (χ3n) is 5.50. The van der Waals surface area contributed by atoms with Gasteiger partial charge in [0, 0.05) is 50.6 Å². The highest BCUT2D eigenvalue weighted by Crippen LogP contribution is 2.28. The summed E-state index contributed by atoms with van der Waals surface area (Å²) in [6, 6.07) is 2.71. The first-order chi connectivity index (χ1) is 14.3. The van der Waals surface area contributed by atoms with E-state index in [1.54, 1.807) is 4.90 Å². The summed E-state index contributed by atoms with van der Waals surface area (Å²) < 4.78 is 28.3. The number of nitrogens with one attached hydrogen (secondary N) is 1. The standard InChI is InChI=1S/C20H20F2N4O4/c1-24-4-5-25-9-13(8-24)26-10-14(17(27)18(28)16(26)20(25)30)19(29)23-7-11-2-3-12(21)6-15(11)22/h2-3,6,10,13,28H,4-5,7-9H2,1H3,(H,23,29). The first-order valence-electron chi connectivity index (χ1n) is 9.44. The minimum atomic E-state index is -0.972. The lowest BCUT2D eigenvalue weighted by molar-refractivity contribution is 0.0685. The van der Waals surface area contributed by atoms with E-state index in [0.29, 0.717) is 32.2 Å². The molecule has 30 heavy (non-hydrogen) atoms. The molecule has 3 heterocycles. The fraction of sp³-hybridized carbons (Fsp3) is 0.350. The SMILES string of the molecule is CN1CCN2CC(C1)n1cc(C(=O)NCc3ccc(F)cc3F)c(=O)c(O)c1C2=O. The molecule has 0 spiro atoms. The van der Waals surface area contributed by atoms with Gasteiger partial charge < -0.3 is 24.8 Å². The number of rotatable bonds is 3. The number of benzene rings is 1. The van der Waals surface area contributed by atoms with Gasteiger partial charge in [-0.2, -0.15) is 0 Å².